The Labute approximate surface area is 95.9 Å². The molecule has 0 saturated carbocycles. The minimum atomic E-state index is 0.306. The quantitative estimate of drug-likeness (QED) is 0.551. The van der Waals surface area contributed by atoms with Crippen molar-refractivity contribution in [1.82, 2.24) is 8.43 Å². The molecule has 13 heavy (non-hydrogen) atoms. The summed E-state index contributed by atoms with van der Waals surface area (Å²) in [5.41, 5.74) is 5.87. The maximum atomic E-state index is 5.87. The number of likely N-dealkylation sites (N-methyl/N-ethyl adjacent to an activating group) is 1. The van der Waals surface area contributed by atoms with Crippen molar-refractivity contribution in [3.05, 3.63) is 0 Å². The molecule has 0 bridgehead atoms. The third kappa shape index (κ3) is 6.65. The Kier molecular flexibility index (Phi) is 8.34. The van der Waals surface area contributed by atoms with Crippen LogP contribution in [0.25, 0.3) is 0 Å². The van der Waals surface area contributed by atoms with Crippen LogP contribution in [0.4, 0.5) is 0 Å². The van der Waals surface area contributed by atoms with Crippen LogP contribution in [0.3, 0.4) is 0 Å². The summed E-state index contributed by atoms with van der Waals surface area (Å²) in [6, 6.07) is 0.860. The number of hydrogen-bond donors (Lipinski definition) is 2. The summed E-state index contributed by atoms with van der Waals surface area (Å²) in [7, 11) is 0. The topological polar surface area (TPSA) is 41.3 Å². The van der Waals surface area contributed by atoms with E-state index in [1.165, 1.54) is 0 Å². The first-order valence-electron chi connectivity index (χ1n) is 5.00. The van der Waals surface area contributed by atoms with E-state index in [9.17, 15) is 0 Å². The summed E-state index contributed by atoms with van der Waals surface area (Å²) in [6.45, 7) is 9.53. The van der Waals surface area contributed by atoms with Gasteiger partial charge in [-0.3, -0.25) is 0 Å². The molecule has 2 atom stereocenters. The summed E-state index contributed by atoms with van der Waals surface area (Å²) in [6.07, 6.45) is 1.05. The molecular formula is C9H22IN3. The van der Waals surface area contributed by atoms with E-state index < -0.39 is 0 Å². The fourth-order valence-electron chi connectivity index (χ4n) is 0.985. The molecule has 0 fully saturated rings. The maximum Gasteiger partial charge on any atom is 0.0291 e. The van der Waals surface area contributed by atoms with Crippen molar-refractivity contribution in [1.29, 1.82) is 0 Å². The average Bonchev–Trinajstić information content (AvgIpc) is 2.13. The molecular weight excluding hydrogens is 277 g/mol. The van der Waals surface area contributed by atoms with Crippen LogP contribution in [0.2, 0.25) is 0 Å². The van der Waals surface area contributed by atoms with E-state index in [0.29, 0.717) is 12.1 Å². The van der Waals surface area contributed by atoms with Crippen molar-refractivity contribution >= 4 is 22.9 Å². The average molecular weight is 299 g/mol. The van der Waals surface area contributed by atoms with E-state index in [1.807, 2.05) is 0 Å². The van der Waals surface area contributed by atoms with E-state index in [4.69, 9.17) is 5.73 Å². The molecule has 0 heterocycles. The van der Waals surface area contributed by atoms with Crippen LogP contribution < -0.4 is 11.1 Å². The second-order valence-electron chi connectivity index (χ2n) is 3.41. The standard InChI is InChI=1S/C9H22IN3/c1-4-9(11)7-13(10)8(3)6-12-5-2/h8-9,12H,4-7,11H2,1-3H3. The van der Waals surface area contributed by atoms with Crippen molar-refractivity contribution in [3.63, 3.8) is 0 Å². The maximum absolute atomic E-state index is 5.87. The first kappa shape index (κ1) is 13.6. The molecule has 0 aromatic carbocycles. The summed E-state index contributed by atoms with van der Waals surface area (Å²) < 4.78 is 2.29. The van der Waals surface area contributed by atoms with Crippen LogP contribution in [0.15, 0.2) is 0 Å². The lowest BCUT2D eigenvalue weighted by Gasteiger charge is -2.25. The lowest BCUT2D eigenvalue weighted by atomic mass is 10.2. The van der Waals surface area contributed by atoms with Gasteiger partial charge in [0.25, 0.3) is 0 Å². The molecule has 0 aliphatic carbocycles. The van der Waals surface area contributed by atoms with Gasteiger partial charge in [0.05, 0.1) is 0 Å². The Hall–Kier alpha value is 0.610. The second-order valence-corrected chi connectivity index (χ2v) is 4.65. The molecule has 3 N–H and O–H groups in total. The van der Waals surface area contributed by atoms with Gasteiger partial charge in [0, 0.05) is 48.0 Å². The number of hydrogen-bond acceptors (Lipinski definition) is 3. The lowest BCUT2D eigenvalue weighted by molar-refractivity contribution is 0.361. The minimum absolute atomic E-state index is 0.306. The van der Waals surface area contributed by atoms with Gasteiger partial charge in [-0.2, -0.15) is 0 Å². The fourth-order valence-corrected chi connectivity index (χ4v) is 1.69. The summed E-state index contributed by atoms with van der Waals surface area (Å²) >= 11 is 2.36. The Balaban J connectivity index is 3.61. The summed E-state index contributed by atoms with van der Waals surface area (Å²) in [5, 5.41) is 3.33. The molecule has 0 saturated heterocycles. The highest BCUT2D eigenvalue weighted by Gasteiger charge is 2.12. The molecule has 3 nitrogen and oxygen atoms in total. The highest BCUT2D eigenvalue weighted by molar-refractivity contribution is 14.1. The number of nitrogens with one attached hydrogen (secondary N) is 1. The fraction of sp³-hybridized carbons (Fsp3) is 1.00. The van der Waals surface area contributed by atoms with Gasteiger partial charge in [-0.15, -0.1) is 0 Å². The van der Waals surface area contributed by atoms with Crippen molar-refractivity contribution in [2.24, 2.45) is 5.73 Å². The number of rotatable bonds is 7. The molecule has 4 heteroatoms. The van der Waals surface area contributed by atoms with Crippen LogP contribution in [-0.2, 0) is 0 Å². The normalized spacial score (nSPS) is 16.2. The number of nitrogens with zero attached hydrogens (tertiary/aromatic N) is 1. The Morgan fingerprint density at radius 3 is 2.54 bits per heavy atom. The van der Waals surface area contributed by atoms with Crippen molar-refractivity contribution in [2.75, 3.05) is 19.6 Å². The van der Waals surface area contributed by atoms with Gasteiger partial charge in [-0.1, -0.05) is 13.8 Å². The Morgan fingerprint density at radius 1 is 1.46 bits per heavy atom. The third-order valence-corrected chi connectivity index (χ3v) is 3.45. The molecule has 0 rings (SSSR count). The van der Waals surface area contributed by atoms with Gasteiger partial charge in [0.15, 0.2) is 0 Å². The SMILES string of the molecule is CCNCC(C)N(I)CC(N)CC. The zero-order valence-corrected chi connectivity index (χ0v) is 11.0. The lowest BCUT2D eigenvalue weighted by Crippen LogP contribution is -2.40. The molecule has 0 aromatic rings. The Bertz CT molecular complexity index is 121. The first-order chi connectivity index (χ1) is 6.11. The van der Waals surface area contributed by atoms with Gasteiger partial charge in [0.2, 0.25) is 0 Å². The van der Waals surface area contributed by atoms with Crippen LogP contribution in [0.1, 0.15) is 27.2 Å². The van der Waals surface area contributed by atoms with E-state index in [2.05, 4.69) is 52.1 Å². The molecule has 0 aromatic heterocycles. The zero-order chi connectivity index (χ0) is 10.3. The summed E-state index contributed by atoms with van der Waals surface area (Å²) in [4.78, 5) is 0. The smallest absolute Gasteiger partial charge is 0.0291 e. The van der Waals surface area contributed by atoms with Crippen molar-refractivity contribution < 1.29 is 0 Å². The molecule has 0 aliphatic heterocycles. The monoisotopic (exact) mass is 299 g/mol. The second kappa shape index (κ2) is 7.96. The van der Waals surface area contributed by atoms with Gasteiger partial charge < -0.3 is 11.1 Å². The van der Waals surface area contributed by atoms with E-state index >= 15 is 0 Å². The first-order valence-corrected chi connectivity index (χ1v) is 5.97. The molecule has 0 spiro atoms. The molecule has 0 aliphatic rings. The van der Waals surface area contributed by atoms with Gasteiger partial charge in [-0.05, 0) is 19.9 Å². The molecule has 0 amide bonds. The van der Waals surface area contributed by atoms with Crippen LogP contribution in [0.5, 0.6) is 0 Å². The minimum Gasteiger partial charge on any atom is -0.327 e. The van der Waals surface area contributed by atoms with Gasteiger partial charge in [0.1, 0.15) is 0 Å². The van der Waals surface area contributed by atoms with Crippen LogP contribution in [-0.4, -0.2) is 34.8 Å². The van der Waals surface area contributed by atoms with Crippen molar-refractivity contribution in [2.45, 2.75) is 39.3 Å². The molecule has 80 valence electrons. The van der Waals surface area contributed by atoms with E-state index in [-0.39, 0.29) is 0 Å². The van der Waals surface area contributed by atoms with E-state index in [0.717, 1.165) is 26.1 Å². The van der Waals surface area contributed by atoms with E-state index in [1.54, 1.807) is 0 Å². The summed E-state index contributed by atoms with van der Waals surface area (Å²) in [5.74, 6) is 0. The zero-order valence-electron chi connectivity index (χ0n) is 8.89. The largest absolute Gasteiger partial charge is 0.327 e. The van der Waals surface area contributed by atoms with Gasteiger partial charge >= 0.3 is 0 Å². The molecule has 2 unspecified atom stereocenters. The number of nitrogens with two attached hydrogens (primary N) is 1. The predicted octanol–water partition coefficient (Wildman–Crippen LogP) is 1.37. The molecule has 0 radical (unpaired) electrons. The highest BCUT2D eigenvalue weighted by Crippen LogP contribution is 2.07. The van der Waals surface area contributed by atoms with Crippen LogP contribution in [0, 0.1) is 0 Å². The third-order valence-electron chi connectivity index (χ3n) is 2.10. The number of halogens is 1. The van der Waals surface area contributed by atoms with Crippen LogP contribution >= 0.6 is 22.9 Å². The van der Waals surface area contributed by atoms with Crippen molar-refractivity contribution in [3.8, 4) is 0 Å². The predicted molar refractivity (Wildman–Crippen MR) is 67.0 cm³/mol. The van der Waals surface area contributed by atoms with Gasteiger partial charge in [-0.25, -0.2) is 3.11 Å². The highest BCUT2D eigenvalue weighted by atomic mass is 127. The Morgan fingerprint density at radius 2 is 2.08 bits per heavy atom.